The standard InChI is InChI=1S/C22H20ClN5O3S/c1-14-3-8-18(31-2)17(11-14)25-19(29)12-28-22(30)27-10-9-24-21(20(27)26-28)32-13-15-4-6-16(23)7-5-15/h3-11H,12-13H2,1-2H3,(H,25,29). The van der Waals surface area contributed by atoms with Crippen molar-refractivity contribution in [3.05, 3.63) is 81.5 Å². The molecule has 2 aromatic carbocycles. The number of amides is 1. The van der Waals surface area contributed by atoms with E-state index in [2.05, 4.69) is 15.4 Å². The summed E-state index contributed by atoms with van der Waals surface area (Å²) in [4.78, 5) is 29.7. The van der Waals surface area contributed by atoms with Crippen LogP contribution in [0, 0.1) is 6.92 Å². The fourth-order valence-corrected chi connectivity index (χ4v) is 4.13. The minimum absolute atomic E-state index is 0.237. The van der Waals surface area contributed by atoms with Gasteiger partial charge >= 0.3 is 5.69 Å². The molecular formula is C22H20ClN5O3S. The van der Waals surface area contributed by atoms with Gasteiger partial charge in [0.1, 0.15) is 17.3 Å². The monoisotopic (exact) mass is 469 g/mol. The average Bonchev–Trinajstić information content (AvgIpc) is 3.09. The Kier molecular flexibility index (Phi) is 6.48. The van der Waals surface area contributed by atoms with E-state index in [0.717, 1.165) is 15.8 Å². The molecule has 4 aromatic rings. The van der Waals surface area contributed by atoms with Crippen molar-refractivity contribution < 1.29 is 9.53 Å². The number of anilines is 1. The lowest BCUT2D eigenvalue weighted by molar-refractivity contribution is -0.117. The van der Waals surface area contributed by atoms with Crippen molar-refractivity contribution in [2.75, 3.05) is 12.4 Å². The Hall–Kier alpha value is -3.30. The first-order valence-electron chi connectivity index (χ1n) is 9.70. The van der Waals surface area contributed by atoms with Gasteiger partial charge in [-0.15, -0.1) is 5.10 Å². The molecule has 164 valence electrons. The van der Waals surface area contributed by atoms with Crippen LogP contribution in [-0.4, -0.2) is 32.2 Å². The number of aromatic nitrogens is 4. The second kappa shape index (κ2) is 9.46. The number of nitrogens with zero attached hydrogens (tertiary/aromatic N) is 4. The zero-order valence-electron chi connectivity index (χ0n) is 17.4. The van der Waals surface area contributed by atoms with Gasteiger partial charge in [0.2, 0.25) is 5.91 Å². The average molecular weight is 470 g/mol. The molecule has 0 saturated heterocycles. The molecular weight excluding hydrogens is 450 g/mol. The fraction of sp³-hybridized carbons (Fsp3) is 0.182. The number of hydrogen-bond donors (Lipinski definition) is 1. The van der Waals surface area contributed by atoms with Crippen molar-refractivity contribution in [1.82, 2.24) is 19.2 Å². The van der Waals surface area contributed by atoms with Crippen molar-refractivity contribution in [3.8, 4) is 5.75 Å². The molecule has 2 aromatic heterocycles. The van der Waals surface area contributed by atoms with E-state index in [0.29, 0.717) is 32.9 Å². The predicted octanol–water partition coefficient (Wildman–Crippen LogP) is 3.79. The highest BCUT2D eigenvalue weighted by molar-refractivity contribution is 7.98. The first kappa shape index (κ1) is 21.9. The van der Waals surface area contributed by atoms with E-state index >= 15 is 0 Å². The van der Waals surface area contributed by atoms with E-state index < -0.39 is 5.69 Å². The number of hydrogen-bond acceptors (Lipinski definition) is 6. The first-order chi connectivity index (χ1) is 15.4. The second-order valence-electron chi connectivity index (χ2n) is 7.03. The number of methoxy groups -OCH3 is 1. The van der Waals surface area contributed by atoms with E-state index in [1.54, 1.807) is 18.3 Å². The molecule has 10 heteroatoms. The third-order valence-corrected chi connectivity index (χ3v) is 5.97. The van der Waals surface area contributed by atoms with Crippen LogP contribution in [0.4, 0.5) is 5.69 Å². The van der Waals surface area contributed by atoms with Crippen molar-refractivity contribution in [1.29, 1.82) is 0 Å². The Balaban J connectivity index is 1.54. The van der Waals surface area contributed by atoms with Crippen molar-refractivity contribution in [2.24, 2.45) is 0 Å². The highest BCUT2D eigenvalue weighted by Gasteiger charge is 2.16. The Bertz CT molecular complexity index is 1330. The molecule has 0 radical (unpaired) electrons. The Morgan fingerprint density at radius 3 is 2.75 bits per heavy atom. The molecule has 0 atom stereocenters. The van der Waals surface area contributed by atoms with Crippen LogP contribution < -0.4 is 15.7 Å². The number of fused-ring (bicyclic) bond motifs is 1. The van der Waals surface area contributed by atoms with Crippen LogP contribution in [0.3, 0.4) is 0 Å². The van der Waals surface area contributed by atoms with Gasteiger partial charge in [0, 0.05) is 23.2 Å². The molecule has 0 saturated carbocycles. The maximum atomic E-state index is 12.8. The molecule has 2 heterocycles. The molecule has 0 aliphatic rings. The van der Waals surface area contributed by atoms with Crippen LogP contribution in [-0.2, 0) is 17.1 Å². The lowest BCUT2D eigenvalue weighted by Gasteiger charge is -2.10. The minimum atomic E-state index is -0.415. The Morgan fingerprint density at radius 1 is 1.22 bits per heavy atom. The summed E-state index contributed by atoms with van der Waals surface area (Å²) in [5.41, 5.74) is 2.56. The van der Waals surface area contributed by atoms with E-state index in [-0.39, 0.29) is 12.5 Å². The smallest absolute Gasteiger partial charge is 0.350 e. The van der Waals surface area contributed by atoms with Crippen LogP contribution in [0.2, 0.25) is 5.02 Å². The maximum absolute atomic E-state index is 12.8. The van der Waals surface area contributed by atoms with Crippen molar-refractivity contribution in [2.45, 2.75) is 24.2 Å². The number of thioether (sulfide) groups is 1. The number of halogens is 1. The van der Waals surface area contributed by atoms with Gasteiger partial charge in [0.25, 0.3) is 0 Å². The molecule has 8 nitrogen and oxygen atoms in total. The van der Waals surface area contributed by atoms with E-state index in [9.17, 15) is 9.59 Å². The SMILES string of the molecule is COc1ccc(C)cc1NC(=O)Cn1nc2c(SCc3ccc(Cl)cc3)nccn2c1=O. The van der Waals surface area contributed by atoms with Gasteiger partial charge in [-0.1, -0.05) is 41.6 Å². The third kappa shape index (κ3) is 4.79. The molecule has 0 aliphatic heterocycles. The summed E-state index contributed by atoms with van der Waals surface area (Å²) in [6.45, 7) is 1.68. The van der Waals surface area contributed by atoms with Gasteiger partial charge in [-0.3, -0.25) is 4.79 Å². The molecule has 1 N–H and O–H groups in total. The zero-order valence-corrected chi connectivity index (χ0v) is 19.0. The molecule has 4 rings (SSSR count). The summed E-state index contributed by atoms with van der Waals surface area (Å²) < 4.78 is 7.80. The molecule has 0 bridgehead atoms. The molecule has 0 fully saturated rings. The molecule has 0 aliphatic carbocycles. The summed E-state index contributed by atoms with van der Waals surface area (Å²) in [7, 11) is 1.53. The quantitative estimate of drug-likeness (QED) is 0.414. The summed E-state index contributed by atoms with van der Waals surface area (Å²) in [5, 5.41) is 8.40. The van der Waals surface area contributed by atoms with Crippen molar-refractivity contribution in [3.63, 3.8) is 0 Å². The molecule has 1 amide bonds. The summed E-state index contributed by atoms with van der Waals surface area (Å²) >= 11 is 7.39. The maximum Gasteiger partial charge on any atom is 0.350 e. The molecule has 0 spiro atoms. The number of nitrogens with one attached hydrogen (secondary N) is 1. The highest BCUT2D eigenvalue weighted by Crippen LogP contribution is 2.26. The summed E-state index contributed by atoms with van der Waals surface area (Å²) in [5.74, 6) is 0.789. The van der Waals surface area contributed by atoms with Crippen LogP contribution in [0.25, 0.3) is 5.65 Å². The van der Waals surface area contributed by atoms with Crippen molar-refractivity contribution >= 4 is 40.6 Å². The summed E-state index contributed by atoms with van der Waals surface area (Å²) in [6.07, 6.45) is 3.08. The third-order valence-electron chi connectivity index (χ3n) is 4.68. The van der Waals surface area contributed by atoms with Crippen LogP contribution >= 0.6 is 23.4 Å². The highest BCUT2D eigenvalue weighted by atomic mass is 35.5. The Morgan fingerprint density at radius 2 is 2.00 bits per heavy atom. The number of ether oxygens (including phenoxy) is 1. The number of carbonyl (C=O) groups is 1. The van der Waals surface area contributed by atoms with E-state index in [4.69, 9.17) is 16.3 Å². The number of benzene rings is 2. The number of carbonyl (C=O) groups excluding carboxylic acids is 1. The van der Waals surface area contributed by atoms with Gasteiger partial charge < -0.3 is 10.1 Å². The summed E-state index contributed by atoms with van der Waals surface area (Å²) in [6, 6.07) is 13.0. The number of rotatable bonds is 7. The van der Waals surface area contributed by atoms with Crippen LogP contribution in [0.1, 0.15) is 11.1 Å². The molecule has 32 heavy (non-hydrogen) atoms. The normalized spacial score (nSPS) is 11.0. The largest absolute Gasteiger partial charge is 0.495 e. The zero-order chi connectivity index (χ0) is 22.7. The number of aryl methyl sites for hydroxylation is 1. The Labute approximate surface area is 193 Å². The van der Waals surface area contributed by atoms with Crippen LogP contribution in [0.15, 0.2) is 64.7 Å². The van der Waals surface area contributed by atoms with Gasteiger partial charge in [-0.2, -0.15) is 0 Å². The molecule has 0 unspecified atom stereocenters. The van der Waals surface area contributed by atoms with Gasteiger partial charge in [-0.25, -0.2) is 18.9 Å². The second-order valence-corrected chi connectivity index (χ2v) is 8.43. The van der Waals surface area contributed by atoms with Gasteiger partial charge in [0.05, 0.1) is 12.8 Å². The topological polar surface area (TPSA) is 90.5 Å². The van der Waals surface area contributed by atoms with Gasteiger partial charge in [-0.05, 0) is 42.3 Å². The lowest BCUT2D eigenvalue weighted by Crippen LogP contribution is -2.28. The fourth-order valence-electron chi connectivity index (χ4n) is 3.11. The van der Waals surface area contributed by atoms with Crippen LogP contribution in [0.5, 0.6) is 5.75 Å². The van der Waals surface area contributed by atoms with E-state index in [1.807, 2.05) is 37.3 Å². The minimum Gasteiger partial charge on any atom is -0.495 e. The van der Waals surface area contributed by atoms with E-state index in [1.165, 1.54) is 29.5 Å². The van der Waals surface area contributed by atoms with Gasteiger partial charge in [0.15, 0.2) is 5.65 Å². The first-order valence-corrected chi connectivity index (χ1v) is 11.1. The predicted molar refractivity (Wildman–Crippen MR) is 125 cm³/mol. The lowest BCUT2D eigenvalue weighted by atomic mass is 10.2.